The highest BCUT2D eigenvalue weighted by molar-refractivity contribution is 7.98. The molecule has 0 aromatic heterocycles. The van der Waals surface area contributed by atoms with Gasteiger partial charge in [-0.1, -0.05) is 103 Å². The average molecular weight is 455 g/mol. The molecule has 0 unspecified atom stereocenters. The maximum absolute atomic E-state index is 4.24. The smallest absolute Gasteiger partial charge is 0.00419 e. The van der Waals surface area contributed by atoms with Gasteiger partial charge in [0, 0.05) is 0 Å². The van der Waals surface area contributed by atoms with Crippen LogP contribution in [0.4, 0.5) is 0 Å². The standard InChI is InChI=1S/C22H30.C9H20S/c1-16(2)9-8-10-17(3)18-11-12-19-20(15-18)22(6,7)14-13-21(19,4)5;1-4-6-9(7-5-2)8-10-3/h8-12,15H,3,13-14H2,1-2,4-7H3;9H,4-8H2,1-3H3/b10-8-;. The Kier molecular flexibility index (Phi) is 12.1. The number of allylic oxidation sites excluding steroid dienone is 5. The summed E-state index contributed by atoms with van der Waals surface area (Å²) in [5.41, 5.74) is 7.17. The minimum atomic E-state index is 0.255. The summed E-state index contributed by atoms with van der Waals surface area (Å²) in [6.07, 6.45) is 16.6. The first-order chi connectivity index (χ1) is 15.0. The summed E-state index contributed by atoms with van der Waals surface area (Å²) in [6, 6.07) is 6.92. The maximum atomic E-state index is 4.24. The molecule has 1 heteroatoms. The normalized spacial score (nSPS) is 16.3. The van der Waals surface area contributed by atoms with Crippen molar-refractivity contribution in [2.45, 2.75) is 105 Å². The van der Waals surface area contributed by atoms with Crippen LogP contribution in [0.1, 0.15) is 111 Å². The molecule has 0 fully saturated rings. The van der Waals surface area contributed by atoms with Gasteiger partial charge in [0.1, 0.15) is 0 Å². The SMILES string of the molecule is C=C(/C=C\C=C(C)C)c1ccc2c(c1)C(C)(C)CCC2(C)C.CCCC(CCC)CSC. The van der Waals surface area contributed by atoms with Gasteiger partial charge in [0.15, 0.2) is 0 Å². The molecule has 0 amide bonds. The van der Waals surface area contributed by atoms with Crippen LogP contribution in [0.15, 0.2) is 48.6 Å². The molecule has 0 nitrogen and oxygen atoms in total. The molecule has 0 bridgehead atoms. The lowest BCUT2D eigenvalue weighted by molar-refractivity contribution is 0.332. The van der Waals surface area contributed by atoms with Gasteiger partial charge in [-0.05, 0) is 90.6 Å². The van der Waals surface area contributed by atoms with E-state index in [-0.39, 0.29) is 10.8 Å². The number of hydrogen-bond donors (Lipinski definition) is 0. The Labute approximate surface area is 205 Å². The van der Waals surface area contributed by atoms with E-state index < -0.39 is 0 Å². The van der Waals surface area contributed by atoms with Crippen molar-refractivity contribution >= 4 is 17.3 Å². The molecule has 0 saturated carbocycles. The molecule has 2 rings (SSSR count). The Hall–Kier alpha value is -1.21. The Morgan fingerprint density at radius 2 is 1.56 bits per heavy atom. The van der Waals surface area contributed by atoms with Crippen molar-refractivity contribution in [3.05, 3.63) is 65.3 Å². The van der Waals surface area contributed by atoms with Crippen LogP contribution in [-0.4, -0.2) is 12.0 Å². The molecule has 0 saturated heterocycles. The summed E-state index contributed by atoms with van der Waals surface area (Å²) in [4.78, 5) is 0. The zero-order chi connectivity index (χ0) is 24.4. The number of hydrogen-bond acceptors (Lipinski definition) is 1. The summed E-state index contributed by atoms with van der Waals surface area (Å²) >= 11 is 1.99. The van der Waals surface area contributed by atoms with Crippen LogP contribution < -0.4 is 0 Å². The van der Waals surface area contributed by atoms with Gasteiger partial charge in [-0.25, -0.2) is 0 Å². The van der Waals surface area contributed by atoms with E-state index in [0.29, 0.717) is 0 Å². The highest BCUT2D eigenvalue weighted by atomic mass is 32.2. The molecule has 0 N–H and O–H groups in total. The predicted molar refractivity (Wildman–Crippen MR) is 151 cm³/mol. The van der Waals surface area contributed by atoms with Gasteiger partial charge in [0.05, 0.1) is 0 Å². The minimum absolute atomic E-state index is 0.255. The molecule has 1 aliphatic carbocycles. The van der Waals surface area contributed by atoms with Crippen LogP contribution in [-0.2, 0) is 10.8 Å². The molecule has 0 heterocycles. The summed E-state index contributed by atoms with van der Waals surface area (Å²) in [5, 5.41) is 0. The second kappa shape index (κ2) is 13.5. The molecule has 1 aliphatic rings. The van der Waals surface area contributed by atoms with Gasteiger partial charge in [-0.15, -0.1) is 0 Å². The van der Waals surface area contributed by atoms with E-state index in [9.17, 15) is 0 Å². The molecular formula is C31H50S. The number of rotatable bonds is 9. The molecule has 180 valence electrons. The zero-order valence-corrected chi connectivity index (χ0v) is 23.4. The van der Waals surface area contributed by atoms with Crippen molar-refractivity contribution in [3.63, 3.8) is 0 Å². The van der Waals surface area contributed by atoms with Gasteiger partial charge in [0.25, 0.3) is 0 Å². The Bertz CT molecular complexity index is 757. The quantitative estimate of drug-likeness (QED) is 0.334. The fraction of sp³-hybridized carbons (Fsp3) is 0.613. The van der Waals surface area contributed by atoms with Crippen LogP contribution in [0.3, 0.4) is 0 Å². The first kappa shape index (κ1) is 28.8. The number of fused-ring (bicyclic) bond motifs is 1. The van der Waals surface area contributed by atoms with Crippen molar-refractivity contribution in [1.82, 2.24) is 0 Å². The Morgan fingerprint density at radius 1 is 1.00 bits per heavy atom. The molecule has 0 atom stereocenters. The van der Waals surface area contributed by atoms with E-state index in [1.54, 1.807) is 0 Å². The third-order valence-corrected chi connectivity index (χ3v) is 7.55. The molecular weight excluding hydrogens is 404 g/mol. The summed E-state index contributed by atoms with van der Waals surface area (Å²) in [5.74, 6) is 2.35. The monoisotopic (exact) mass is 454 g/mol. The first-order valence-electron chi connectivity index (χ1n) is 12.6. The van der Waals surface area contributed by atoms with Crippen molar-refractivity contribution in [2.24, 2.45) is 5.92 Å². The molecule has 0 spiro atoms. The fourth-order valence-electron chi connectivity index (χ4n) is 4.60. The summed E-state index contributed by atoms with van der Waals surface area (Å²) in [7, 11) is 0. The van der Waals surface area contributed by atoms with E-state index in [2.05, 4.69) is 105 Å². The number of thioether (sulfide) groups is 1. The van der Waals surface area contributed by atoms with E-state index >= 15 is 0 Å². The first-order valence-corrected chi connectivity index (χ1v) is 14.0. The van der Waals surface area contributed by atoms with Crippen molar-refractivity contribution < 1.29 is 0 Å². The third-order valence-electron chi connectivity index (χ3n) is 6.75. The Morgan fingerprint density at radius 3 is 2.06 bits per heavy atom. The molecule has 0 aliphatic heterocycles. The summed E-state index contributed by atoms with van der Waals surface area (Å²) < 4.78 is 0. The predicted octanol–water partition coefficient (Wildman–Crippen LogP) is 10.1. The van der Waals surface area contributed by atoms with E-state index in [1.807, 2.05) is 11.8 Å². The molecule has 32 heavy (non-hydrogen) atoms. The molecule has 1 aromatic rings. The van der Waals surface area contributed by atoms with Gasteiger partial charge in [-0.3, -0.25) is 0 Å². The van der Waals surface area contributed by atoms with E-state index in [1.165, 1.54) is 66.5 Å². The Balaban J connectivity index is 0.000000433. The van der Waals surface area contributed by atoms with Gasteiger partial charge >= 0.3 is 0 Å². The second-order valence-electron chi connectivity index (χ2n) is 11.1. The van der Waals surface area contributed by atoms with Crippen molar-refractivity contribution in [1.29, 1.82) is 0 Å². The number of benzene rings is 1. The maximum Gasteiger partial charge on any atom is -0.00419 e. The largest absolute Gasteiger partial charge is 0.165 e. The van der Waals surface area contributed by atoms with Gasteiger partial charge in [-0.2, -0.15) is 11.8 Å². The van der Waals surface area contributed by atoms with Crippen LogP contribution in [0.5, 0.6) is 0 Å². The van der Waals surface area contributed by atoms with Crippen molar-refractivity contribution in [3.8, 4) is 0 Å². The highest BCUT2D eigenvalue weighted by Gasteiger charge is 2.36. The van der Waals surface area contributed by atoms with Crippen LogP contribution in [0, 0.1) is 5.92 Å². The zero-order valence-electron chi connectivity index (χ0n) is 22.6. The third kappa shape index (κ3) is 8.97. The lowest BCUT2D eigenvalue weighted by atomic mass is 9.63. The minimum Gasteiger partial charge on any atom is -0.165 e. The van der Waals surface area contributed by atoms with Crippen LogP contribution >= 0.6 is 11.8 Å². The molecule has 1 aromatic carbocycles. The fourth-order valence-corrected chi connectivity index (χ4v) is 5.41. The van der Waals surface area contributed by atoms with E-state index in [4.69, 9.17) is 0 Å². The second-order valence-corrected chi connectivity index (χ2v) is 12.0. The topological polar surface area (TPSA) is 0 Å². The lowest BCUT2D eigenvalue weighted by Gasteiger charge is -2.42. The van der Waals surface area contributed by atoms with E-state index in [0.717, 1.165) is 11.5 Å². The van der Waals surface area contributed by atoms with Gasteiger partial charge < -0.3 is 0 Å². The van der Waals surface area contributed by atoms with Crippen LogP contribution in [0.25, 0.3) is 5.57 Å². The summed E-state index contributed by atoms with van der Waals surface area (Å²) in [6.45, 7) is 22.5. The van der Waals surface area contributed by atoms with Crippen LogP contribution in [0.2, 0.25) is 0 Å². The molecule has 0 radical (unpaired) electrons. The van der Waals surface area contributed by atoms with Crippen molar-refractivity contribution in [2.75, 3.05) is 12.0 Å². The highest BCUT2D eigenvalue weighted by Crippen LogP contribution is 2.46. The van der Waals surface area contributed by atoms with Gasteiger partial charge in [0.2, 0.25) is 0 Å². The average Bonchev–Trinajstić information content (AvgIpc) is 2.72. The lowest BCUT2D eigenvalue weighted by Crippen LogP contribution is -2.33.